The molecule has 2 amide bonds. The third-order valence-corrected chi connectivity index (χ3v) is 4.59. The van der Waals surface area contributed by atoms with Gasteiger partial charge in [0.25, 0.3) is 0 Å². The Bertz CT molecular complexity index is 1030. The molecule has 30 heavy (non-hydrogen) atoms. The molecule has 1 saturated heterocycles. The zero-order valence-corrected chi connectivity index (χ0v) is 16.4. The first kappa shape index (κ1) is 21.0. The number of terminal acetylenes is 1. The van der Waals surface area contributed by atoms with Gasteiger partial charge in [-0.2, -0.15) is 4.74 Å². The highest BCUT2D eigenvalue weighted by molar-refractivity contribution is 5.72. The van der Waals surface area contributed by atoms with Gasteiger partial charge in [0.1, 0.15) is 12.5 Å². The number of amides is 2. The molecule has 1 N–H and O–H groups in total. The van der Waals surface area contributed by atoms with E-state index < -0.39 is 17.5 Å². The van der Waals surface area contributed by atoms with Crippen molar-refractivity contribution in [3.63, 3.8) is 0 Å². The van der Waals surface area contributed by atoms with Crippen LogP contribution in [0.2, 0.25) is 0 Å². The summed E-state index contributed by atoms with van der Waals surface area (Å²) in [5, 5.41) is 2.50. The molecule has 3 rings (SSSR count). The number of ether oxygens (including phenoxy) is 1. The van der Waals surface area contributed by atoms with E-state index in [0.29, 0.717) is 37.4 Å². The highest BCUT2D eigenvalue weighted by Gasteiger charge is 2.24. The molecule has 0 spiro atoms. The number of nitrogens with zero attached hydrogens (tertiary/aromatic N) is 3. The van der Waals surface area contributed by atoms with Crippen LogP contribution in [0, 0.1) is 18.2 Å². The largest absolute Gasteiger partial charge is 0.436 e. The van der Waals surface area contributed by atoms with Crippen molar-refractivity contribution in [1.29, 1.82) is 0 Å². The first-order valence-corrected chi connectivity index (χ1v) is 9.24. The van der Waals surface area contributed by atoms with E-state index in [1.165, 1.54) is 28.8 Å². The van der Waals surface area contributed by atoms with E-state index in [1.54, 1.807) is 12.1 Å². The van der Waals surface area contributed by atoms with Crippen LogP contribution in [0.15, 0.2) is 33.7 Å². The Morgan fingerprint density at radius 1 is 1.30 bits per heavy atom. The van der Waals surface area contributed by atoms with Crippen molar-refractivity contribution >= 4 is 17.7 Å². The molecule has 10 heteroatoms. The van der Waals surface area contributed by atoms with Gasteiger partial charge in [-0.15, -0.1) is 6.42 Å². The van der Waals surface area contributed by atoms with Gasteiger partial charge in [-0.05, 0) is 17.7 Å². The lowest BCUT2D eigenvalue weighted by Gasteiger charge is -2.35. The molecule has 9 nitrogen and oxygen atoms in total. The van der Waals surface area contributed by atoms with Gasteiger partial charge in [0.2, 0.25) is 5.91 Å². The number of rotatable bonds is 5. The normalized spacial score (nSPS) is 13.6. The number of nitrogens with one attached hydrogen (secondary N) is 1. The second kappa shape index (κ2) is 9.17. The Balaban J connectivity index is 1.68. The minimum absolute atomic E-state index is 0.000800. The van der Waals surface area contributed by atoms with E-state index in [1.807, 2.05) is 4.90 Å². The maximum atomic E-state index is 14.8. The summed E-state index contributed by atoms with van der Waals surface area (Å²) < 4.78 is 25.9. The average Bonchev–Trinajstić information content (AvgIpc) is 3.11. The van der Waals surface area contributed by atoms with Crippen molar-refractivity contribution in [2.75, 3.05) is 37.7 Å². The third-order valence-electron chi connectivity index (χ3n) is 4.59. The summed E-state index contributed by atoms with van der Waals surface area (Å²) in [6.07, 6.45) is 6.00. The Hall–Kier alpha value is -3.74. The monoisotopic (exact) mass is 416 g/mol. The van der Waals surface area contributed by atoms with Crippen LogP contribution in [0.4, 0.5) is 14.9 Å². The van der Waals surface area contributed by atoms with E-state index in [2.05, 4.69) is 11.2 Å². The molecule has 0 atom stereocenters. The fourth-order valence-corrected chi connectivity index (χ4v) is 3.09. The van der Waals surface area contributed by atoms with Crippen LogP contribution < -0.4 is 15.8 Å². The van der Waals surface area contributed by atoms with E-state index in [-0.39, 0.29) is 24.7 Å². The Kier molecular flexibility index (Phi) is 6.41. The van der Waals surface area contributed by atoms with Crippen molar-refractivity contribution < 1.29 is 23.2 Å². The molecule has 1 aromatic carbocycles. The van der Waals surface area contributed by atoms with Crippen LogP contribution >= 0.6 is 0 Å². The minimum Gasteiger partial charge on any atom is -0.436 e. The third kappa shape index (κ3) is 4.81. The van der Waals surface area contributed by atoms with Gasteiger partial charge in [0.05, 0.1) is 17.4 Å². The maximum absolute atomic E-state index is 14.8. The van der Waals surface area contributed by atoms with Crippen LogP contribution in [0.3, 0.4) is 0 Å². The molecule has 1 fully saturated rings. The number of benzene rings is 1. The molecular formula is C20H21FN4O5. The first-order valence-electron chi connectivity index (χ1n) is 9.24. The Morgan fingerprint density at radius 3 is 2.67 bits per heavy atom. The SMILES string of the molecule is C#CCOC(=O)N1CCN(c2ccc(-c3cn(CNC(C)=O)oc3=O)cc2F)CC1. The lowest BCUT2D eigenvalue weighted by molar-refractivity contribution is -0.119. The van der Waals surface area contributed by atoms with Crippen LogP contribution in [0.25, 0.3) is 11.1 Å². The molecular weight excluding hydrogens is 395 g/mol. The molecule has 2 aromatic rings. The van der Waals surface area contributed by atoms with Gasteiger partial charge in [-0.1, -0.05) is 12.0 Å². The lowest BCUT2D eigenvalue weighted by atomic mass is 10.1. The topological polar surface area (TPSA) is 97.0 Å². The predicted octanol–water partition coefficient (Wildman–Crippen LogP) is 1.23. The molecule has 1 aromatic heterocycles. The fraction of sp³-hybridized carbons (Fsp3) is 0.350. The predicted molar refractivity (Wildman–Crippen MR) is 106 cm³/mol. The molecule has 1 aliphatic heterocycles. The van der Waals surface area contributed by atoms with Gasteiger partial charge in [-0.3, -0.25) is 4.79 Å². The molecule has 0 saturated carbocycles. The fourth-order valence-electron chi connectivity index (χ4n) is 3.09. The van der Waals surface area contributed by atoms with Crippen LogP contribution in [0.5, 0.6) is 0 Å². The quantitative estimate of drug-likeness (QED) is 0.737. The zero-order chi connectivity index (χ0) is 21.7. The van der Waals surface area contributed by atoms with E-state index >= 15 is 0 Å². The highest BCUT2D eigenvalue weighted by atomic mass is 19.1. The number of carbonyl (C=O) groups excluding carboxylic acids is 2. The number of anilines is 1. The summed E-state index contributed by atoms with van der Waals surface area (Å²) in [7, 11) is 0. The van der Waals surface area contributed by atoms with Crippen molar-refractivity contribution in [2.45, 2.75) is 13.6 Å². The minimum atomic E-state index is -0.633. The molecule has 0 radical (unpaired) electrons. The van der Waals surface area contributed by atoms with Crippen LogP contribution in [-0.2, 0) is 16.2 Å². The van der Waals surface area contributed by atoms with Crippen molar-refractivity contribution in [1.82, 2.24) is 15.0 Å². The van der Waals surface area contributed by atoms with E-state index in [4.69, 9.17) is 15.7 Å². The Labute approximate surface area is 172 Å². The van der Waals surface area contributed by atoms with Gasteiger partial charge in [0.15, 0.2) is 6.61 Å². The summed E-state index contributed by atoms with van der Waals surface area (Å²) in [5.41, 5.74) is 0.291. The van der Waals surface area contributed by atoms with Gasteiger partial charge in [-0.25, -0.2) is 14.0 Å². The molecule has 2 heterocycles. The lowest BCUT2D eigenvalue weighted by Crippen LogP contribution is -2.49. The smallest absolute Gasteiger partial charge is 0.410 e. The van der Waals surface area contributed by atoms with E-state index in [9.17, 15) is 18.8 Å². The molecule has 0 unspecified atom stereocenters. The summed E-state index contributed by atoms with van der Waals surface area (Å²) in [6, 6.07) is 4.47. The summed E-state index contributed by atoms with van der Waals surface area (Å²) in [5.74, 6) is 1.47. The number of halogens is 1. The van der Waals surface area contributed by atoms with Gasteiger partial charge < -0.3 is 24.4 Å². The molecule has 1 aliphatic rings. The molecule has 158 valence electrons. The summed E-state index contributed by atoms with van der Waals surface area (Å²) in [4.78, 5) is 38.2. The maximum Gasteiger partial charge on any atom is 0.410 e. The Morgan fingerprint density at radius 2 is 2.03 bits per heavy atom. The summed E-state index contributed by atoms with van der Waals surface area (Å²) >= 11 is 0. The number of carbonyl (C=O) groups is 2. The van der Waals surface area contributed by atoms with Gasteiger partial charge in [0, 0.05) is 33.1 Å². The number of hydrogen-bond acceptors (Lipinski definition) is 6. The first-order chi connectivity index (χ1) is 14.4. The van der Waals surface area contributed by atoms with E-state index in [0.717, 1.165) is 0 Å². The average molecular weight is 416 g/mol. The van der Waals surface area contributed by atoms with Gasteiger partial charge >= 0.3 is 11.7 Å². The second-order valence-corrected chi connectivity index (χ2v) is 6.63. The van der Waals surface area contributed by atoms with Crippen molar-refractivity contribution in [2.24, 2.45) is 0 Å². The van der Waals surface area contributed by atoms with Crippen LogP contribution in [-0.4, -0.2) is 54.4 Å². The summed E-state index contributed by atoms with van der Waals surface area (Å²) in [6.45, 7) is 2.86. The number of piperazine rings is 1. The standard InChI is InChI=1S/C20H21FN4O5/c1-3-10-29-20(28)24-8-6-23(7-9-24)18-5-4-15(11-17(18)21)16-12-25(30-19(16)27)13-22-14(2)26/h1,4-5,11-12H,6-10,13H2,2H3,(H,22,26). The molecule has 0 bridgehead atoms. The number of aromatic nitrogens is 1. The highest BCUT2D eigenvalue weighted by Crippen LogP contribution is 2.26. The zero-order valence-electron chi connectivity index (χ0n) is 16.4. The van der Waals surface area contributed by atoms with Crippen LogP contribution in [0.1, 0.15) is 6.92 Å². The van der Waals surface area contributed by atoms with Crippen molar-refractivity contribution in [3.05, 3.63) is 40.6 Å². The molecule has 0 aliphatic carbocycles. The number of hydrogen-bond donors (Lipinski definition) is 1. The van der Waals surface area contributed by atoms with Crippen molar-refractivity contribution in [3.8, 4) is 23.5 Å². The second-order valence-electron chi connectivity index (χ2n) is 6.63.